The van der Waals surface area contributed by atoms with Gasteiger partial charge in [-0.2, -0.15) is 10.1 Å². The lowest BCUT2D eigenvalue weighted by Crippen LogP contribution is -2.30. The highest BCUT2D eigenvalue weighted by Gasteiger charge is 2.26. The van der Waals surface area contributed by atoms with Crippen LogP contribution in [0.1, 0.15) is 54.3 Å². The first-order chi connectivity index (χ1) is 11.9. The molecule has 1 atom stereocenters. The van der Waals surface area contributed by atoms with Gasteiger partial charge in [0.15, 0.2) is 11.7 Å². The number of aromatic amines is 1. The Labute approximate surface area is 143 Å². The molecule has 3 aromatic heterocycles. The number of oxazole rings is 1. The molecular formula is C15H19N7O3. The fraction of sp³-hybridized carbons (Fsp3) is 0.467. The molecule has 0 spiro atoms. The van der Waals surface area contributed by atoms with Crippen molar-refractivity contribution in [3.8, 4) is 11.6 Å². The van der Waals surface area contributed by atoms with Crippen molar-refractivity contribution < 1.29 is 13.7 Å². The average Bonchev–Trinajstić information content (AvgIpc) is 3.25. The molecule has 1 unspecified atom stereocenters. The highest BCUT2D eigenvalue weighted by Crippen LogP contribution is 2.23. The molecule has 25 heavy (non-hydrogen) atoms. The van der Waals surface area contributed by atoms with Crippen LogP contribution in [-0.2, 0) is 0 Å². The molecule has 10 nitrogen and oxygen atoms in total. The normalized spacial score (nSPS) is 12.5. The van der Waals surface area contributed by atoms with E-state index >= 15 is 0 Å². The van der Waals surface area contributed by atoms with Crippen LogP contribution in [0.4, 0.5) is 0 Å². The Kier molecular flexibility index (Phi) is 4.59. The maximum atomic E-state index is 12.5. The Morgan fingerprint density at radius 2 is 2.12 bits per heavy atom. The molecule has 0 aromatic carbocycles. The summed E-state index contributed by atoms with van der Waals surface area (Å²) in [5.41, 5.74) is 0.533. The quantitative estimate of drug-likeness (QED) is 0.692. The van der Waals surface area contributed by atoms with Crippen LogP contribution in [0.5, 0.6) is 0 Å². The van der Waals surface area contributed by atoms with E-state index in [2.05, 4.69) is 35.6 Å². The second kappa shape index (κ2) is 6.83. The summed E-state index contributed by atoms with van der Waals surface area (Å²) in [5, 5.41) is 13.2. The first-order valence-corrected chi connectivity index (χ1v) is 7.88. The number of H-pyrrole nitrogens is 1. The summed E-state index contributed by atoms with van der Waals surface area (Å²) in [4.78, 5) is 24.9. The maximum absolute atomic E-state index is 12.5. The van der Waals surface area contributed by atoms with Gasteiger partial charge in [-0.25, -0.2) is 9.97 Å². The zero-order valence-corrected chi connectivity index (χ0v) is 14.4. The number of carbonyl (C=O) groups is 1. The van der Waals surface area contributed by atoms with Crippen molar-refractivity contribution in [3.05, 3.63) is 29.6 Å². The molecular weight excluding hydrogens is 326 g/mol. The third-order valence-electron chi connectivity index (χ3n) is 3.49. The van der Waals surface area contributed by atoms with E-state index in [1.54, 1.807) is 13.8 Å². The molecule has 0 saturated carbocycles. The standard InChI is InChI=1S/C15H19N7O3/c1-7(2)5-10(19-14(23)11-8(3)18-9(4)24-11)15-20-13(22-25-15)12-16-6-17-21-12/h6-7,10H,5H2,1-4H3,(H,19,23)(H,16,17,21). The highest BCUT2D eigenvalue weighted by molar-refractivity contribution is 5.92. The lowest BCUT2D eigenvalue weighted by molar-refractivity contribution is 0.0892. The zero-order valence-electron chi connectivity index (χ0n) is 14.4. The van der Waals surface area contributed by atoms with Crippen molar-refractivity contribution in [1.82, 2.24) is 35.6 Å². The topological polar surface area (TPSA) is 136 Å². The number of hydrogen-bond donors (Lipinski definition) is 2. The van der Waals surface area contributed by atoms with Crippen LogP contribution in [0.25, 0.3) is 11.6 Å². The van der Waals surface area contributed by atoms with Gasteiger partial charge in [0.25, 0.3) is 5.91 Å². The molecule has 0 aliphatic rings. The molecule has 2 N–H and O–H groups in total. The van der Waals surface area contributed by atoms with Crippen LogP contribution in [-0.4, -0.2) is 36.2 Å². The number of nitrogens with zero attached hydrogens (tertiary/aromatic N) is 5. The van der Waals surface area contributed by atoms with E-state index < -0.39 is 6.04 Å². The van der Waals surface area contributed by atoms with Crippen LogP contribution in [0, 0.1) is 19.8 Å². The lowest BCUT2D eigenvalue weighted by atomic mass is 10.0. The monoisotopic (exact) mass is 345 g/mol. The molecule has 3 heterocycles. The van der Waals surface area contributed by atoms with Gasteiger partial charge in [-0.05, 0) is 19.3 Å². The Bertz CT molecular complexity index is 850. The summed E-state index contributed by atoms with van der Waals surface area (Å²) in [6, 6.07) is -0.457. The summed E-state index contributed by atoms with van der Waals surface area (Å²) >= 11 is 0. The van der Waals surface area contributed by atoms with Gasteiger partial charge in [0.1, 0.15) is 12.4 Å². The number of hydrogen-bond acceptors (Lipinski definition) is 8. The molecule has 0 aliphatic carbocycles. The Balaban J connectivity index is 1.82. The van der Waals surface area contributed by atoms with Gasteiger partial charge >= 0.3 is 0 Å². The van der Waals surface area contributed by atoms with Gasteiger partial charge in [0.05, 0.1) is 5.69 Å². The fourth-order valence-corrected chi connectivity index (χ4v) is 2.44. The van der Waals surface area contributed by atoms with Crippen molar-refractivity contribution in [3.63, 3.8) is 0 Å². The Morgan fingerprint density at radius 3 is 2.72 bits per heavy atom. The lowest BCUT2D eigenvalue weighted by Gasteiger charge is -2.16. The number of nitrogens with one attached hydrogen (secondary N) is 2. The molecule has 1 amide bonds. The van der Waals surface area contributed by atoms with Gasteiger partial charge < -0.3 is 14.3 Å². The average molecular weight is 345 g/mol. The van der Waals surface area contributed by atoms with Crippen molar-refractivity contribution >= 4 is 5.91 Å². The van der Waals surface area contributed by atoms with Gasteiger partial charge in [-0.1, -0.05) is 19.0 Å². The second-order valence-electron chi connectivity index (χ2n) is 6.09. The van der Waals surface area contributed by atoms with Crippen LogP contribution in [0.15, 0.2) is 15.3 Å². The smallest absolute Gasteiger partial charge is 0.289 e. The van der Waals surface area contributed by atoms with Crippen LogP contribution in [0.2, 0.25) is 0 Å². The third-order valence-corrected chi connectivity index (χ3v) is 3.49. The molecule has 0 aliphatic heterocycles. The van der Waals surface area contributed by atoms with Gasteiger partial charge in [-0.3, -0.25) is 9.89 Å². The third kappa shape index (κ3) is 3.73. The predicted molar refractivity (Wildman–Crippen MR) is 85.3 cm³/mol. The predicted octanol–water partition coefficient (Wildman–Crippen LogP) is 1.98. The second-order valence-corrected chi connectivity index (χ2v) is 6.09. The molecule has 0 saturated heterocycles. The largest absolute Gasteiger partial charge is 0.436 e. The van der Waals surface area contributed by atoms with E-state index in [9.17, 15) is 4.79 Å². The van der Waals surface area contributed by atoms with Crippen molar-refractivity contribution in [2.24, 2.45) is 5.92 Å². The van der Waals surface area contributed by atoms with Gasteiger partial charge in [0, 0.05) is 6.92 Å². The number of carbonyl (C=O) groups excluding carboxylic acids is 1. The van der Waals surface area contributed by atoms with Crippen molar-refractivity contribution in [2.75, 3.05) is 0 Å². The zero-order chi connectivity index (χ0) is 18.0. The summed E-state index contributed by atoms with van der Waals surface area (Å²) in [5.74, 6) is 1.51. The molecule has 3 aromatic rings. The molecule has 0 bridgehead atoms. The molecule has 3 rings (SSSR count). The minimum atomic E-state index is -0.457. The Morgan fingerprint density at radius 1 is 1.32 bits per heavy atom. The molecule has 0 radical (unpaired) electrons. The summed E-state index contributed by atoms with van der Waals surface area (Å²) in [6.45, 7) is 7.49. The number of amides is 1. The van der Waals surface area contributed by atoms with E-state index in [0.717, 1.165) is 0 Å². The Hall–Kier alpha value is -3.04. The van der Waals surface area contributed by atoms with Crippen LogP contribution < -0.4 is 5.32 Å². The molecule has 0 fully saturated rings. The molecule has 132 valence electrons. The van der Waals surface area contributed by atoms with Crippen LogP contribution >= 0.6 is 0 Å². The summed E-state index contributed by atoms with van der Waals surface area (Å²) < 4.78 is 10.7. The number of aryl methyl sites for hydroxylation is 2. The van der Waals surface area contributed by atoms with Crippen LogP contribution in [0.3, 0.4) is 0 Å². The number of rotatable bonds is 6. The highest BCUT2D eigenvalue weighted by atomic mass is 16.5. The summed E-state index contributed by atoms with van der Waals surface area (Å²) in [6.07, 6.45) is 1.98. The fourth-order valence-electron chi connectivity index (χ4n) is 2.44. The minimum Gasteiger partial charge on any atom is -0.436 e. The molecule has 10 heteroatoms. The van der Waals surface area contributed by atoms with E-state index in [-0.39, 0.29) is 17.5 Å². The van der Waals surface area contributed by atoms with E-state index in [4.69, 9.17) is 8.94 Å². The SMILES string of the molecule is Cc1nc(C)c(C(=O)NC(CC(C)C)c2nc(-c3ncn[nH]3)no2)o1. The van der Waals surface area contributed by atoms with Gasteiger partial charge in [-0.15, -0.1) is 0 Å². The van der Waals surface area contributed by atoms with E-state index in [1.165, 1.54) is 6.33 Å². The summed E-state index contributed by atoms with van der Waals surface area (Å²) in [7, 11) is 0. The number of aromatic nitrogens is 6. The van der Waals surface area contributed by atoms with Crippen molar-refractivity contribution in [1.29, 1.82) is 0 Å². The first-order valence-electron chi connectivity index (χ1n) is 7.88. The minimum absolute atomic E-state index is 0.182. The van der Waals surface area contributed by atoms with Gasteiger partial charge in [0.2, 0.25) is 17.5 Å². The van der Waals surface area contributed by atoms with E-state index in [0.29, 0.717) is 35.6 Å². The first kappa shape index (κ1) is 16.8. The van der Waals surface area contributed by atoms with Crippen molar-refractivity contribution in [2.45, 2.75) is 40.2 Å². The van der Waals surface area contributed by atoms with E-state index in [1.807, 2.05) is 13.8 Å². The maximum Gasteiger partial charge on any atom is 0.289 e.